The number of primary amides is 1. The van der Waals surface area contributed by atoms with Gasteiger partial charge in [-0.2, -0.15) is 0 Å². The summed E-state index contributed by atoms with van der Waals surface area (Å²) < 4.78 is 0. The molecule has 4 nitrogen and oxygen atoms in total. The topological polar surface area (TPSA) is 82.0 Å². The highest BCUT2D eigenvalue weighted by Gasteiger charge is 2.15. The standard InChI is InChI=1S/C10H11N3OS/c1-4-3-6-7(11)8(9(12)14)15-10(6)13-5(4)2/h3H,11H2,1-2H3,(H2,12,14). The Balaban J connectivity index is 2.83. The number of thiophene rings is 1. The Morgan fingerprint density at radius 3 is 2.73 bits per heavy atom. The van der Waals surface area contributed by atoms with Crippen molar-refractivity contribution in [2.45, 2.75) is 13.8 Å². The van der Waals surface area contributed by atoms with Gasteiger partial charge < -0.3 is 11.5 Å². The summed E-state index contributed by atoms with van der Waals surface area (Å²) in [6.07, 6.45) is 0. The summed E-state index contributed by atoms with van der Waals surface area (Å²) in [5.74, 6) is -0.495. The van der Waals surface area contributed by atoms with Crippen molar-refractivity contribution in [3.8, 4) is 0 Å². The van der Waals surface area contributed by atoms with Gasteiger partial charge in [-0.3, -0.25) is 4.79 Å². The number of hydrogen-bond acceptors (Lipinski definition) is 4. The Hall–Kier alpha value is -1.62. The van der Waals surface area contributed by atoms with Crippen LogP contribution in [0.15, 0.2) is 6.07 Å². The highest BCUT2D eigenvalue weighted by molar-refractivity contribution is 7.21. The number of aryl methyl sites for hydroxylation is 2. The third-order valence-corrected chi connectivity index (χ3v) is 3.52. The third-order valence-electron chi connectivity index (χ3n) is 2.39. The van der Waals surface area contributed by atoms with Gasteiger partial charge in [0.2, 0.25) is 0 Å². The van der Waals surface area contributed by atoms with Gasteiger partial charge in [-0.25, -0.2) is 4.98 Å². The number of aromatic nitrogens is 1. The van der Waals surface area contributed by atoms with Crippen LogP contribution in [-0.4, -0.2) is 10.9 Å². The van der Waals surface area contributed by atoms with Gasteiger partial charge >= 0.3 is 0 Å². The fraction of sp³-hybridized carbons (Fsp3) is 0.200. The predicted octanol–water partition coefficient (Wildman–Crippen LogP) is 1.59. The molecule has 0 atom stereocenters. The van der Waals surface area contributed by atoms with Crippen molar-refractivity contribution in [1.82, 2.24) is 4.98 Å². The summed E-state index contributed by atoms with van der Waals surface area (Å²) in [7, 11) is 0. The van der Waals surface area contributed by atoms with Crippen LogP contribution in [0.5, 0.6) is 0 Å². The number of nitrogens with two attached hydrogens (primary N) is 2. The molecule has 0 spiro atoms. The molecule has 2 aromatic rings. The van der Waals surface area contributed by atoms with E-state index in [2.05, 4.69) is 4.98 Å². The van der Waals surface area contributed by atoms with Crippen molar-refractivity contribution in [1.29, 1.82) is 0 Å². The Labute approximate surface area is 90.9 Å². The zero-order chi connectivity index (χ0) is 11.2. The molecule has 0 aliphatic heterocycles. The Bertz CT molecular complexity index is 559. The summed E-state index contributed by atoms with van der Waals surface area (Å²) in [6, 6.07) is 1.94. The lowest BCUT2D eigenvalue weighted by molar-refractivity contribution is 0.100. The van der Waals surface area contributed by atoms with Gasteiger partial charge in [0.1, 0.15) is 9.71 Å². The van der Waals surface area contributed by atoms with Crippen LogP contribution < -0.4 is 11.5 Å². The van der Waals surface area contributed by atoms with Gasteiger partial charge in [0.15, 0.2) is 0 Å². The number of anilines is 1. The second kappa shape index (κ2) is 3.20. The number of amides is 1. The monoisotopic (exact) mass is 221 g/mol. The molecule has 0 fully saturated rings. The first-order valence-electron chi connectivity index (χ1n) is 4.46. The number of nitrogen functional groups attached to an aromatic ring is 1. The Kier molecular flexibility index (Phi) is 2.12. The molecule has 78 valence electrons. The maximum Gasteiger partial charge on any atom is 0.260 e. The summed E-state index contributed by atoms with van der Waals surface area (Å²) in [5, 5.41) is 0.817. The average molecular weight is 221 g/mol. The molecule has 2 aromatic heterocycles. The molecule has 1 amide bonds. The van der Waals surface area contributed by atoms with E-state index in [0.717, 1.165) is 21.5 Å². The molecule has 0 radical (unpaired) electrons. The number of rotatable bonds is 1. The van der Waals surface area contributed by atoms with E-state index in [-0.39, 0.29) is 0 Å². The van der Waals surface area contributed by atoms with Crippen molar-refractivity contribution in [2.75, 3.05) is 5.73 Å². The number of hydrogen-bond donors (Lipinski definition) is 2. The fourth-order valence-corrected chi connectivity index (χ4v) is 2.39. The van der Waals surface area contributed by atoms with Gasteiger partial charge in [-0.1, -0.05) is 0 Å². The normalized spacial score (nSPS) is 10.8. The Morgan fingerprint density at radius 1 is 1.47 bits per heavy atom. The molecule has 0 saturated carbocycles. The van der Waals surface area contributed by atoms with Crippen LogP contribution in [0.2, 0.25) is 0 Å². The highest BCUT2D eigenvalue weighted by Crippen LogP contribution is 2.32. The first-order valence-corrected chi connectivity index (χ1v) is 5.28. The van der Waals surface area contributed by atoms with Crippen LogP contribution in [0.4, 0.5) is 5.69 Å². The van der Waals surface area contributed by atoms with Crippen LogP contribution in [-0.2, 0) is 0 Å². The first kappa shape index (κ1) is 9.92. The maximum atomic E-state index is 11.1. The number of pyridine rings is 1. The van der Waals surface area contributed by atoms with E-state index in [1.807, 2.05) is 19.9 Å². The van der Waals surface area contributed by atoms with Crippen LogP contribution in [0.25, 0.3) is 10.2 Å². The summed E-state index contributed by atoms with van der Waals surface area (Å²) in [5.41, 5.74) is 13.5. The van der Waals surface area contributed by atoms with E-state index < -0.39 is 5.91 Å². The molecule has 0 aliphatic rings. The van der Waals surface area contributed by atoms with Crippen molar-refractivity contribution in [3.63, 3.8) is 0 Å². The number of fused-ring (bicyclic) bond motifs is 1. The highest BCUT2D eigenvalue weighted by atomic mass is 32.1. The van der Waals surface area contributed by atoms with Gasteiger partial charge in [-0.15, -0.1) is 11.3 Å². The lowest BCUT2D eigenvalue weighted by atomic mass is 10.2. The van der Waals surface area contributed by atoms with Gasteiger partial charge in [-0.05, 0) is 25.5 Å². The number of carbonyl (C=O) groups excluding carboxylic acids is 1. The molecule has 0 bridgehead atoms. The zero-order valence-corrected chi connectivity index (χ0v) is 9.31. The molecule has 4 N–H and O–H groups in total. The van der Waals surface area contributed by atoms with Gasteiger partial charge in [0, 0.05) is 11.1 Å². The van der Waals surface area contributed by atoms with Crippen LogP contribution >= 0.6 is 11.3 Å². The van der Waals surface area contributed by atoms with Crippen molar-refractivity contribution in [2.24, 2.45) is 5.73 Å². The largest absolute Gasteiger partial charge is 0.397 e. The minimum Gasteiger partial charge on any atom is -0.397 e. The minimum absolute atomic E-state index is 0.391. The van der Waals surface area contributed by atoms with Crippen molar-refractivity contribution in [3.05, 3.63) is 22.2 Å². The molecule has 2 rings (SSSR count). The molecular weight excluding hydrogens is 210 g/mol. The first-order chi connectivity index (χ1) is 7.00. The third kappa shape index (κ3) is 1.45. The lowest BCUT2D eigenvalue weighted by Crippen LogP contribution is -2.10. The molecule has 0 aromatic carbocycles. The van der Waals surface area contributed by atoms with E-state index >= 15 is 0 Å². The quantitative estimate of drug-likeness (QED) is 0.767. The summed E-state index contributed by atoms with van der Waals surface area (Å²) in [6.45, 7) is 3.89. The molecule has 0 unspecified atom stereocenters. The van der Waals surface area contributed by atoms with E-state index in [1.165, 1.54) is 11.3 Å². The summed E-state index contributed by atoms with van der Waals surface area (Å²) in [4.78, 5) is 16.6. The number of nitrogens with zero attached hydrogens (tertiary/aromatic N) is 1. The van der Waals surface area contributed by atoms with Gasteiger partial charge in [0.25, 0.3) is 5.91 Å². The van der Waals surface area contributed by atoms with Crippen LogP contribution in [0.3, 0.4) is 0 Å². The van der Waals surface area contributed by atoms with E-state index in [4.69, 9.17) is 11.5 Å². The Morgan fingerprint density at radius 2 is 2.13 bits per heavy atom. The lowest BCUT2D eigenvalue weighted by Gasteiger charge is -1.98. The fourth-order valence-electron chi connectivity index (χ4n) is 1.41. The number of carbonyl (C=O) groups is 1. The molecule has 2 heterocycles. The van der Waals surface area contributed by atoms with E-state index in [1.54, 1.807) is 0 Å². The second-order valence-corrected chi connectivity index (χ2v) is 4.45. The molecule has 15 heavy (non-hydrogen) atoms. The molecule has 0 saturated heterocycles. The maximum absolute atomic E-state index is 11.1. The summed E-state index contributed by atoms with van der Waals surface area (Å²) >= 11 is 1.24. The minimum atomic E-state index is -0.495. The smallest absolute Gasteiger partial charge is 0.260 e. The zero-order valence-electron chi connectivity index (χ0n) is 8.50. The predicted molar refractivity (Wildman–Crippen MR) is 62.0 cm³/mol. The molecule has 0 aliphatic carbocycles. The second-order valence-electron chi connectivity index (χ2n) is 3.45. The van der Waals surface area contributed by atoms with Crippen molar-refractivity contribution >= 4 is 33.1 Å². The van der Waals surface area contributed by atoms with Crippen LogP contribution in [0, 0.1) is 13.8 Å². The van der Waals surface area contributed by atoms with E-state index in [0.29, 0.717) is 10.6 Å². The SMILES string of the molecule is Cc1cc2c(N)c(C(N)=O)sc2nc1C. The van der Waals surface area contributed by atoms with Gasteiger partial charge in [0.05, 0.1) is 5.69 Å². The molecule has 5 heteroatoms. The van der Waals surface area contributed by atoms with Crippen molar-refractivity contribution < 1.29 is 4.79 Å². The average Bonchev–Trinajstić information content (AvgIpc) is 2.46. The van der Waals surface area contributed by atoms with Crippen LogP contribution in [0.1, 0.15) is 20.9 Å². The molecular formula is C10H11N3OS. The van der Waals surface area contributed by atoms with E-state index in [9.17, 15) is 4.79 Å².